The van der Waals surface area contributed by atoms with E-state index in [4.69, 9.17) is 0 Å². The van der Waals surface area contributed by atoms with Gasteiger partial charge in [-0.25, -0.2) is 0 Å². The second-order valence-corrected chi connectivity index (χ2v) is 4.53. The predicted molar refractivity (Wildman–Crippen MR) is 64.9 cm³/mol. The van der Waals surface area contributed by atoms with Gasteiger partial charge in [0.1, 0.15) is 0 Å². The van der Waals surface area contributed by atoms with E-state index in [-0.39, 0.29) is 0 Å². The van der Waals surface area contributed by atoms with Gasteiger partial charge in [-0.3, -0.25) is 0 Å². The Labute approximate surface area is 90.9 Å². The summed E-state index contributed by atoms with van der Waals surface area (Å²) < 4.78 is 0. The maximum atomic E-state index is 3.87. The molecule has 14 heavy (non-hydrogen) atoms. The van der Waals surface area contributed by atoms with Crippen molar-refractivity contribution in [2.75, 3.05) is 6.54 Å². The lowest BCUT2D eigenvalue weighted by Crippen LogP contribution is -2.19. The topological polar surface area (TPSA) is 12.0 Å². The van der Waals surface area contributed by atoms with Crippen molar-refractivity contribution in [1.82, 2.24) is 5.32 Å². The molecular formula is C12H19NS. The van der Waals surface area contributed by atoms with Crippen LogP contribution in [0.15, 0.2) is 24.8 Å². The fraction of sp³-hybridized carbons (Fsp3) is 0.500. The molecule has 78 valence electrons. The van der Waals surface area contributed by atoms with Crippen molar-refractivity contribution in [3.05, 3.63) is 34.5 Å². The van der Waals surface area contributed by atoms with Gasteiger partial charge in [0.25, 0.3) is 0 Å². The third-order valence-corrected chi connectivity index (χ3v) is 3.50. The minimum Gasteiger partial charge on any atom is -0.306 e. The molecule has 0 radical (unpaired) electrons. The molecule has 1 atom stereocenters. The van der Waals surface area contributed by atoms with E-state index >= 15 is 0 Å². The Hall–Kier alpha value is -0.600. The molecule has 1 unspecified atom stereocenters. The van der Waals surface area contributed by atoms with Crippen LogP contribution in [-0.4, -0.2) is 6.54 Å². The van der Waals surface area contributed by atoms with Crippen LogP contribution < -0.4 is 5.32 Å². The summed E-state index contributed by atoms with van der Waals surface area (Å²) >= 11 is 1.88. The van der Waals surface area contributed by atoms with Crippen molar-refractivity contribution in [2.24, 2.45) is 0 Å². The van der Waals surface area contributed by atoms with Gasteiger partial charge < -0.3 is 5.32 Å². The fourth-order valence-electron chi connectivity index (χ4n) is 1.35. The number of thiophene rings is 1. The number of hydrogen-bond donors (Lipinski definition) is 1. The molecular weight excluding hydrogens is 190 g/mol. The normalized spacial score (nSPS) is 12.7. The minimum absolute atomic E-state index is 0.334. The minimum atomic E-state index is 0.334. The fourth-order valence-corrected chi connectivity index (χ4v) is 2.38. The van der Waals surface area contributed by atoms with Gasteiger partial charge in [0.2, 0.25) is 0 Å². The van der Waals surface area contributed by atoms with Crippen molar-refractivity contribution in [3.63, 3.8) is 0 Å². The maximum absolute atomic E-state index is 3.87. The Kier molecular flexibility index (Phi) is 4.91. The standard InChI is InChI=1S/C12H19NS/c1-4-9-13-11(6-3)12-8-7-10(5-2)14-12/h6-8,11,13H,3-5,9H2,1-2H3. The number of rotatable bonds is 6. The highest BCUT2D eigenvalue weighted by molar-refractivity contribution is 7.12. The van der Waals surface area contributed by atoms with E-state index in [0.29, 0.717) is 6.04 Å². The summed E-state index contributed by atoms with van der Waals surface area (Å²) in [6, 6.07) is 4.75. The molecule has 0 aliphatic rings. The number of nitrogens with one attached hydrogen (secondary N) is 1. The summed E-state index contributed by atoms with van der Waals surface area (Å²) in [7, 11) is 0. The van der Waals surface area contributed by atoms with Crippen LogP contribution in [0, 0.1) is 0 Å². The smallest absolute Gasteiger partial charge is 0.0598 e. The molecule has 1 rings (SSSR count). The van der Waals surface area contributed by atoms with E-state index in [1.807, 2.05) is 17.4 Å². The van der Waals surface area contributed by atoms with Gasteiger partial charge in [0, 0.05) is 9.75 Å². The van der Waals surface area contributed by atoms with Crippen LogP contribution in [-0.2, 0) is 6.42 Å². The van der Waals surface area contributed by atoms with E-state index in [1.54, 1.807) is 0 Å². The third-order valence-electron chi connectivity index (χ3n) is 2.19. The molecule has 0 aliphatic heterocycles. The zero-order valence-electron chi connectivity index (χ0n) is 9.05. The van der Waals surface area contributed by atoms with Gasteiger partial charge in [0.05, 0.1) is 6.04 Å². The van der Waals surface area contributed by atoms with E-state index in [0.717, 1.165) is 19.4 Å². The summed E-state index contributed by atoms with van der Waals surface area (Å²) in [4.78, 5) is 2.83. The zero-order valence-corrected chi connectivity index (χ0v) is 9.86. The van der Waals surface area contributed by atoms with E-state index in [9.17, 15) is 0 Å². The van der Waals surface area contributed by atoms with Crippen LogP contribution >= 0.6 is 11.3 Å². The molecule has 2 heteroatoms. The maximum Gasteiger partial charge on any atom is 0.0598 e. The first kappa shape index (κ1) is 11.5. The van der Waals surface area contributed by atoms with E-state index in [1.165, 1.54) is 9.75 Å². The van der Waals surface area contributed by atoms with Crippen LogP contribution in [0.3, 0.4) is 0 Å². The first-order valence-corrected chi connectivity index (χ1v) is 6.08. The van der Waals surface area contributed by atoms with E-state index < -0.39 is 0 Å². The molecule has 0 saturated heterocycles. The number of aryl methyl sites for hydroxylation is 1. The largest absolute Gasteiger partial charge is 0.306 e. The van der Waals surface area contributed by atoms with Crippen molar-refractivity contribution in [1.29, 1.82) is 0 Å². The first-order chi connectivity index (χ1) is 6.81. The molecule has 1 aromatic rings. The van der Waals surface area contributed by atoms with Crippen molar-refractivity contribution in [2.45, 2.75) is 32.7 Å². The molecule has 0 saturated carbocycles. The average molecular weight is 209 g/mol. The first-order valence-electron chi connectivity index (χ1n) is 5.26. The molecule has 0 amide bonds. The predicted octanol–water partition coefficient (Wildman–Crippen LogP) is 3.54. The Morgan fingerprint density at radius 3 is 2.79 bits per heavy atom. The third kappa shape index (κ3) is 2.96. The van der Waals surface area contributed by atoms with Crippen LogP contribution in [0.5, 0.6) is 0 Å². The lowest BCUT2D eigenvalue weighted by Gasteiger charge is -2.11. The molecule has 0 fully saturated rings. The molecule has 0 aromatic carbocycles. The molecule has 1 nitrogen and oxygen atoms in total. The molecule has 0 aliphatic carbocycles. The van der Waals surface area contributed by atoms with Gasteiger partial charge in [-0.2, -0.15) is 0 Å². The molecule has 1 heterocycles. The van der Waals surface area contributed by atoms with Gasteiger partial charge >= 0.3 is 0 Å². The van der Waals surface area contributed by atoms with Crippen molar-refractivity contribution in [3.8, 4) is 0 Å². The highest BCUT2D eigenvalue weighted by Gasteiger charge is 2.08. The van der Waals surface area contributed by atoms with E-state index in [2.05, 4.69) is 37.9 Å². The second kappa shape index (κ2) is 5.99. The molecule has 1 N–H and O–H groups in total. The molecule has 1 aromatic heterocycles. The average Bonchev–Trinajstić information content (AvgIpc) is 2.68. The Morgan fingerprint density at radius 2 is 2.29 bits per heavy atom. The zero-order chi connectivity index (χ0) is 10.4. The Balaban J connectivity index is 2.63. The quantitative estimate of drug-likeness (QED) is 0.707. The summed E-state index contributed by atoms with van der Waals surface area (Å²) in [5, 5.41) is 3.47. The highest BCUT2D eigenvalue weighted by atomic mass is 32.1. The number of hydrogen-bond acceptors (Lipinski definition) is 2. The van der Waals surface area contributed by atoms with Crippen molar-refractivity contribution >= 4 is 11.3 Å². The molecule has 0 spiro atoms. The van der Waals surface area contributed by atoms with Gasteiger partial charge in [-0.05, 0) is 31.5 Å². The SMILES string of the molecule is C=CC(NCCC)c1ccc(CC)s1. The lowest BCUT2D eigenvalue weighted by molar-refractivity contribution is 0.621. The second-order valence-electron chi connectivity index (χ2n) is 3.33. The summed E-state index contributed by atoms with van der Waals surface area (Å²) in [6.45, 7) is 9.29. The van der Waals surface area contributed by atoms with Crippen LogP contribution in [0.4, 0.5) is 0 Å². The molecule has 0 bridgehead atoms. The van der Waals surface area contributed by atoms with Crippen LogP contribution in [0.25, 0.3) is 0 Å². The Morgan fingerprint density at radius 1 is 1.50 bits per heavy atom. The summed E-state index contributed by atoms with van der Waals surface area (Å²) in [5.41, 5.74) is 0. The van der Waals surface area contributed by atoms with Crippen LogP contribution in [0.1, 0.15) is 36.1 Å². The summed E-state index contributed by atoms with van der Waals surface area (Å²) in [6.07, 6.45) is 4.28. The van der Waals surface area contributed by atoms with Gasteiger partial charge in [-0.15, -0.1) is 17.9 Å². The van der Waals surface area contributed by atoms with Gasteiger partial charge in [0.15, 0.2) is 0 Å². The van der Waals surface area contributed by atoms with Gasteiger partial charge in [-0.1, -0.05) is 19.9 Å². The lowest BCUT2D eigenvalue weighted by atomic mass is 10.2. The summed E-state index contributed by atoms with van der Waals surface area (Å²) in [5.74, 6) is 0. The van der Waals surface area contributed by atoms with Crippen LogP contribution in [0.2, 0.25) is 0 Å². The monoisotopic (exact) mass is 209 g/mol. The Bertz CT molecular complexity index is 278. The van der Waals surface area contributed by atoms with Crippen molar-refractivity contribution < 1.29 is 0 Å². The highest BCUT2D eigenvalue weighted by Crippen LogP contribution is 2.24.